The molecule has 0 aliphatic carbocycles. The number of alkyl carbamates (subject to hydrolysis) is 1. The number of thioether (sulfide) groups is 1. The molecule has 0 heterocycles. The minimum Gasteiger partial charge on any atom is -0.508 e. The van der Waals surface area contributed by atoms with Crippen LogP contribution in [0.4, 0.5) is 4.79 Å². The molecule has 3 amide bonds. The zero-order valence-electron chi connectivity index (χ0n) is 39.0. The highest BCUT2D eigenvalue weighted by molar-refractivity contribution is 8.00. The third kappa shape index (κ3) is 13.7. The molecule has 12 nitrogen and oxygen atoms in total. The van der Waals surface area contributed by atoms with Gasteiger partial charge in [-0.25, -0.2) is 9.59 Å². The van der Waals surface area contributed by atoms with E-state index in [1.807, 2.05) is 91.0 Å². The van der Waals surface area contributed by atoms with E-state index in [0.717, 1.165) is 16.7 Å². The molecule has 7 N–H and O–H groups in total. The Morgan fingerprint density at radius 1 is 0.687 bits per heavy atom. The Labute approximate surface area is 403 Å². The van der Waals surface area contributed by atoms with Crippen molar-refractivity contribution in [3.05, 3.63) is 172 Å². The van der Waals surface area contributed by atoms with Gasteiger partial charge in [0.1, 0.15) is 23.4 Å². The predicted octanol–water partition coefficient (Wildman–Crippen LogP) is 8.00. The standard InChI is InChI=1S/C53H62N4O8S2/c1-33-28-39(58)29-34(2)40(33)31-43(56-50(64)65-51(3,4)5)48(61)55-44(32-67-53(36-22-14-9-15-23-36,37-24-16-10-17-25-37)38-26-18-11-19-27-38)45(59)41(35-20-12-8-13-21-35)30-42(54)47(60)57-46(49(62)63)52(6,7)66/h8-29,41-44,46,58,66H,30-32,54H2,1-7H3,(H,55,61)(H,56,64)(H,57,60)(H,62,63)/t41?,42?,43-,44-,46+/m1/s1. The van der Waals surface area contributed by atoms with Crippen molar-refractivity contribution in [2.45, 2.75) is 106 Å². The molecule has 5 rings (SSSR count). The zero-order valence-corrected chi connectivity index (χ0v) is 40.7. The third-order valence-corrected chi connectivity index (χ3v) is 13.3. The van der Waals surface area contributed by atoms with Crippen molar-refractivity contribution in [3.63, 3.8) is 0 Å². The predicted molar refractivity (Wildman–Crippen MR) is 267 cm³/mol. The van der Waals surface area contributed by atoms with Gasteiger partial charge in [-0.2, -0.15) is 12.6 Å². The highest BCUT2D eigenvalue weighted by Gasteiger charge is 2.42. The van der Waals surface area contributed by atoms with Gasteiger partial charge in [-0.05, 0) is 106 Å². The number of benzene rings is 5. The number of carboxylic acid groups (broad SMARTS) is 1. The highest BCUT2D eigenvalue weighted by Crippen LogP contribution is 2.49. The number of aromatic hydroxyl groups is 1. The van der Waals surface area contributed by atoms with Crippen molar-refractivity contribution in [2.75, 3.05) is 5.75 Å². The molecule has 5 aromatic carbocycles. The van der Waals surface area contributed by atoms with Crippen LogP contribution in [0.15, 0.2) is 133 Å². The van der Waals surface area contributed by atoms with E-state index in [1.165, 1.54) is 11.8 Å². The average Bonchev–Trinajstić information content (AvgIpc) is 3.27. The Morgan fingerprint density at radius 3 is 1.58 bits per heavy atom. The number of thiol groups is 1. The molecule has 354 valence electrons. The van der Waals surface area contributed by atoms with Crippen molar-refractivity contribution < 1.29 is 38.9 Å². The number of carbonyl (C=O) groups excluding carboxylic acids is 4. The molecule has 0 fully saturated rings. The molecular formula is C53H62N4O8S2. The molecule has 5 aromatic rings. The molecule has 0 aromatic heterocycles. The molecule has 67 heavy (non-hydrogen) atoms. The first-order valence-electron chi connectivity index (χ1n) is 22.1. The quantitative estimate of drug-likeness (QED) is 0.0297. The first-order valence-corrected chi connectivity index (χ1v) is 23.5. The number of ketones is 1. The monoisotopic (exact) mass is 946 g/mol. The van der Waals surface area contributed by atoms with E-state index in [0.29, 0.717) is 22.3 Å². The number of nitrogens with two attached hydrogens (primary N) is 1. The maximum atomic E-state index is 15.6. The number of carboxylic acids is 1. The second-order valence-electron chi connectivity index (χ2n) is 18.3. The number of carbonyl (C=O) groups is 5. The number of hydrogen-bond acceptors (Lipinski definition) is 10. The van der Waals surface area contributed by atoms with Crippen LogP contribution in [0.1, 0.15) is 85.9 Å². The van der Waals surface area contributed by atoms with Crippen LogP contribution in [0.25, 0.3) is 0 Å². The largest absolute Gasteiger partial charge is 0.508 e. The molecule has 14 heteroatoms. The number of rotatable bonds is 20. The number of phenolic OH excluding ortho intramolecular Hbond substituents is 1. The number of ether oxygens (including phenoxy) is 1. The number of nitrogens with one attached hydrogen (secondary N) is 3. The van der Waals surface area contributed by atoms with Gasteiger partial charge in [-0.3, -0.25) is 14.4 Å². The lowest BCUT2D eigenvalue weighted by atomic mass is 9.84. The zero-order chi connectivity index (χ0) is 49.1. The number of hydrogen-bond donors (Lipinski definition) is 7. The first-order chi connectivity index (χ1) is 31.6. The Hall–Kier alpha value is -6.09. The molecule has 0 spiro atoms. The van der Waals surface area contributed by atoms with Crippen molar-refractivity contribution >= 4 is 54.1 Å². The molecule has 0 radical (unpaired) electrons. The summed E-state index contributed by atoms with van der Waals surface area (Å²) < 4.78 is 3.53. The second-order valence-corrected chi connectivity index (χ2v) is 20.6. The maximum absolute atomic E-state index is 15.6. The van der Waals surface area contributed by atoms with Gasteiger partial charge in [0.25, 0.3) is 0 Å². The van der Waals surface area contributed by atoms with Gasteiger partial charge in [0.2, 0.25) is 11.8 Å². The van der Waals surface area contributed by atoms with E-state index in [2.05, 4.69) is 28.6 Å². The molecule has 0 saturated heterocycles. The summed E-state index contributed by atoms with van der Waals surface area (Å²) in [5.41, 5.74) is 11.0. The van der Waals surface area contributed by atoms with Gasteiger partial charge in [-0.1, -0.05) is 121 Å². The van der Waals surface area contributed by atoms with Crippen LogP contribution in [-0.4, -0.2) is 80.1 Å². The van der Waals surface area contributed by atoms with Crippen LogP contribution in [0.2, 0.25) is 0 Å². The SMILES string of the molecule is Cc1cc(O)cc(C)c1C[C@@H](NC(=O)OC(C)(C)C)C(=O)N[C@H](CSC(c1ccccc1)(c1ccccc1)c1ccccc1)C(=O)C(CC(N)C(=O)N[C@@H](C(=O)O)C(C)(C)S)c1ccccc1. The van der Waals surface area contributed by atoms with Crippen molar-refractivity contribution in [2.24, 2.45) is 5.73 Å². The van der Waals surface area contributed by atoms with E-state index in [1.54, 1.807) is 90.9 Å². The van der Waals surface area contributed by atoms with Gasteiger partial charge in [0.15, 0.2) is 5.78 Å². The van der Waals surface area contributed by atoms with Crippen molar-refractivity contribution in [1.29, 1.82) is 0 Å². The Kier molecular flexibility index (Phi) is 17.5. The van der Waals surface area contributed by atoms with E-state index in [-0.39, 0.29) is 24.3 Å². The summed E-state index contributed by atoms with van der Waals surface area (Å²) in [7, 11) is 0. The number of phenols is 1. The topological polar surface area (TPSA) is 197 Å². The third-order valence-electron chi connectivity index (χ3n) is 11.4. The minimum absolute atomic E-state index is 0.0145. The molecule has 0 bridgehead atoms. The van der Waals surface area contributed by atoms with Crippen molar-refractivity contribution in [1.82, 2.24) is 16.0 Å². The second kappa shape index (κ2) is 22.6. The smallest absolute Gasteiger partial charge is 0.408 e. The van der Waals surface area contributed by atoms with Gasteiger partial charge in [-0.15, -0.1) is 11.8 Å². The Morgan fingerprint density at radius 2 is 1.15 bits per heavy atom. The van der Waals surface area contributed by atoms with Crippen LogP contribution in [-0.2, 0) is 35.1 Å². The normalized spacial score (nSPS) is 14.1. The molecular weight excluding hydrogens is 885 g/mol. The van der Waals surface area contributed by atoms with Crippen LogP contribution in [0.5, 0.6) is 5.75 Å². The minimum atomic E-state index is -1.40. The molecule has 5 atom stereocenters. The van der Waals surface area contributed by atoms with E-state index in [9.17, 15) is 24.6 Å². The summed E-state index contributed by atoms with van der Waals surface area (Å²) in [6.45, 7) is 11.8. The van der Waals surface area contributed by atoms with Crippen LogP contribution in [0.3, 0.4) is 0 Å². The highest BCUT2D eigenvalue weighted by atomic mass is 32.2. The summed E-state index contributed by atoms with van der Waals surface area (Å²) >= 11 is 5.84. The number of aryl methyl sites for hydroxylation is 2. The van der Waals surface area contributed by atoms with Crippen LogP contribution >= 0.6 is 24.4 Å². The fraction of sp³-hybridized carbons (Fsp3) is 0.340. The van der Waals surface area contributed by atoms with Crippen molar-refractivity contribution in [3.8, 4) is 5.75 Å². The molecule has 0 aliphatic rings. The number of amides is 3. The Balaban J connectivity index is 1.65. The lowest BCUT2D eigenvalue weighted by Crippen LogP contribution is -2.56. The molecule has 2 unspecified atom stereocenters. The summed E-state index contributed by atoms with van der Waals surface area (Å²) in [6.07, 6.45) is -1.12. The summed E-state index contributed by atoms with van der Waals surface area (Å²) in [4.78, 5) is 70.1. The first kappa shape index (κ1) is 51.9. The summed E-state index contributed by atoms with van der Waals surface area (Å²) in [5.74, 6) is -4.31. The van der Waals surface area contributed by atoms with Gasteiger partial charge in [0.05, 0.1) is 16.8 Å². The number of Topliss-reactive ketones (excluding diaryl/α,β-unsaturated/α-hetero) is 1. The number of aliphatic carboxylic acids is 1. The van der Waals surface area contributed by atoms with Crippen LogP contribution in [0, 0.1) is 13.8 Å². The summed E-state index contributed by atoms with van der Waals surface area (Å²) in [5, 5.41) is 28.6. The van der Waals surface area contributed by atoms with E-state index < -0.39 is 74.8 Å². The lowest BCUT2D eigenvalue weighted by molar-refractivity contribution is -0.142. The van der Waals surface area contributed by atoms with Crippen LogP contribution < -0.4 is 21.7 Å². The van der Waals surface area contributed by atoms with Gasteiger partial charge in [0, 0.05) is 22.8 Å². The van der Waals surface area contributed by atoms with Gasteiger partial charge < -0.3 is 36.6 Å². The van der Waals surface area contributed by atoms with E-state index in [4.69, 9.17) is 10.5 Å². The van der Waals surface area contributed by atoms with E-state index >= 15 is 9.59 Å². The maximum Gasteiger partial charge on any atom is 0.408 e. The molecule has 0 saturated carbocycles. The Bertz CT molecular complexity index is 2360. The average molecular weight is 947 g/mol. The van der Waals surface area contributed by atoms with Gasteiger partial charge >= 0.3 is 12.1 Å². The fourth-order valence-corrected chi connectivity index (χ4v) is 9.84. The lowest BCUT2D eigenvalue weighted by Gasteiger charge is -2.37. The fourth-order valence-electron chi connectivity index (χ4n) is 8.10. The molecule has 0 aliphatic heterocycles. The summed E-state index contributed by atoms with van der Waals surface area (Å²) in [6, 6.07) is 36.2.